The van der Waals surface area contributed by atoms with Gasteiger partial charge >= 0.3 is 5.97 Å². The highest BCUT2D eigenvalue weighted by Gasteiger charge is 2.17. The van der Waals surface area contributed by atoms with Crippen LogP contribution in [0.4, 0.5) is 0 Å². The van der Waals surface area contributed by atoms with Gasteiger partial charge in [-0.25, -0.2) is 4.79 Å². The van der Waals surface area contributed by atoms with E-state index in [-0.39, 0.29) is 5.56 Å². The lowest BCUT2D eigenvalue weighted by Crippen LogP contribution is -2.33. The molecule has 0 bridgehead atoms. The molecule has 1 aromatic heterocycles. The number of thiophene rings is 1. The molecular formula is C16H15NO5S2. The van der Waals surface area contributed by atoms with Crippen LogP contribution in [0.5, 0.6) is 5.75 Å². The zero-order valence-electron chi connectivity index (χ0n) is 13.0. The zero-order valence-corrected chi connectivity index (χ0v) is 14.7. The summed E-state index contributed by atoms with van der Waals surface area (Å²) in [7, 11) is 1.45. The lowest BCUT2D eigenvalue weighted by Gasteiger charge is -2.10. The molecule has 2 rings (SSSR count). The average molecular weight is 365 g/mol. The zero-order chi connectivity index (χ0) is 17.5. The summed E-state index contributed by atoms with van der Waals surface area (Å²) < 4.78 is 10.1. The fourth-order valence-electron chi connectivity index (χ4n) is 1.81. The Hall–Kier alpha value is -2.32. The van der Waals surface area contributed by atoms with Crippen LogP contribution in [0.2, 0.25) is 0 Å². The molecule has 0 radical (unpaired) electrons. The first-order valence-corrected chi connectivity index (χ1v) is 8.92. The van der Waals surface area contributed by atoms with Crippen LogP contribution in [0.3, 0.4) is 0 Å². The van der Waals surface area contributed by atoms with E-state index in [1.54, 1.807) is 35.7 Å². The minimum absolute atomic E-state index is 0.215. The van der Waals surface area contributed by atoms with Gasteiger partial charge < -0.3 is 9.47 Å². The van der Waals surface area contributed by atoms with E-state index in [2.05, 4.69) is 5.32 Å². The van der Waals surface area contributed by atoms with E-state index >= 15 is 0 Å². The van der Waals surface area contributed by atoms with Gasteiger partial charge in [-0.15, -0.1) is 23.1 Å². The number of hydrogen-bond acceptors (Lipinski definition) is 7. The second-order valence-electron chi connectivity index (χ2n) is 4.50. The monoisotopic (exact) mass is 365 g/mol. The third kappa shape index (κ3) is 4.59. The maximum atomic E-state index is 12.1. The average Bonchev–Trinajstić information content (AvgIpc) is 3.13. The van der Waals surface area contributed by atoms with Crippen LogP contribution < -0.4 is 10.1 Å². The Labute approximate surface area is 147 Å². The van der Waals surface area contributed by atoms with E-state index in [0.717, 1.165) is 4.90 Å². The molecule has 6 nitrogen and oxygen atoms in total. The molecule has 2 aromatic rings. The van der Waals surface area contributed by atoms with Gasteiger partial charge in [0, 0.05) is 4.90 Å². The molecule has 1 aromatic carbocycles. The van der Waals surface area contributed by atoms with Crippen molar-refractivity contribution in [3.63, 3.8) is 0 Å². The molecule has 8 heteroatoms. The first kappa shape index (κ1) is 18.0. The summed E-state index contributed by atoms with van der Waals surface area (Å²) in [5.41, 5.74) is 0.215. The lowest BCUT2D eigenvalue weighted by molar-refractivity contribution is -0.123. The van der Waals surface area contributed by atoms with Crippen LogP contribution >= 0.6 is 23.1 Å². The Bertz CT molecular complexity index is 743. The molecule has 0 aliphatic carbocycles. The first-order chi connectivity index (χ1) is 11.5. The van der Waals surface area contributed by atoms with Gasteiger partial charge in [0.1, 0.15) is 11.3 Å². The van der Waals surface area contributed by atoms with Crippen molar-refractivity contribution in [3.8, 4) is 5.75 Å². The Morgan fingerprint density at radius 2 is 2.04 bits per heavy atom. The van der Waals surface area contributed by atoms with Crippen LogP contribution in [0.1, 0.15) is 20.0 Å². The standard InChI is InChI=1S/C16H15NO5S2/c1-21-12-8-10(23-2)5-6-11(12)16(20)22-9-14(18)17-15(19)13-4-3-7-24-13/h3-8H,9H2,1-2H3,(H,17,18,19). The summed E-state index contributed by atoms with van der Waals surface area (Å²) in [6.07, 6.45) is 1.90. The van der Waals surface area contributed by atoms with E-state index < -0.39 is 24.4 Å². The number of ether oxygens (including phenoxy) is 2. The van der Waals surface area contributed by atoms with E-state index in [0.29, 0.717) is 10.6 Å². The topological polar surface area (TPSA) is 81.7 Å². The summed E-state index contributed by atoms with van der Waals surface area (Å²) >= 11 is 2.72. The van der Waals surface area contributed by atoms with Gasteiger partial charge in [0.05, 0.1) is 12.0 Å². The van der Waals surface area contributed by atoms with Gasteiger partial charge in [-0.2, -0.15) is 0 Å². The summed E-state index contributed by atoms with van der Waals surface area (Å²) in [4.78, 5) is 36.8. The van der Waals surface area contributed by atoms with Crippen molar-refractivity contribution in [2.24, 2.45) is 0 Å². The van der Waals surface area contributed by atoms with Crippen LogP contribution in [-0.4, -0.2) is 37.8 Å². The van der Waals surface area contributed by atoms with Gasteiger partial charge in [-0.1, -0.05) is 6.07 Å². The Kier molecular flexibility index (Phi) is 6.39. The fourth-order valence-corrected chi connectivity index (χ4v) is 2.86. The predicted octanol–water partition coefficient (Wildman–Crippen LogP) is 2.59. The number of hydrogen-bond donors (Lipinski definition) is 1. The number of carbonyl (C=O) groups is 3. The second kappa shape index (κ2) is 8.51. The van der Waals surface area contributed by atoms with Crippen molar-refractivity contribution in [2.45, 2.75) is 4.90 Å². The van der Waals surface area contributed by atoms with Crippen molar-refractivity contribution in [3.05, 3.63) is 46.2 Å². The van der Waals surface area contributed by atoms with Crippen LogP contribution in [0, 0.1) is 0 Å². The lowest BCUT2D eigenvalue weighted by atomic mass is 10.2. The summed E-state index contributed by atoms with van der Waals surface area (Å²) in [6.45, 7) is -0.552. The molecular weight excluding hydrogens is 350 g/mol. The summed E-state index contributed by atoms with van der Waals surface area (Å²) in [6, 6.07) is 8.33. The third-order valence-corrected chi connectivity index (χ3v) is 4.55. The van der Waals surface area contributed by atoms with E-state index in [4.69, 9.17) is 9.47 Å². The van der Waals surface area contributed by atoms with Gasteiger partial charge in [0.15, 0.2) is 6.61 Å². The first-order valence-electron chi connectivity index (χ1n) is 6.82. The Morgan fingerprint density at radius 1 is 1.25 bits per heavy atom. The van der Waals surface area contributed by atoms with Crippen molar-refractivity contribution < 1.29 is 23.9 Å². The molecule has 0 fully saturated rings. The van der Waals surface area contributed by atoms with Crippen molar-refractivity contribution in [1.29, 1.82) is 0 Å². The molecule has 0 aliphatic heterocycles. The number of methoxy groups -OCH3 is 1. The van der Waals surface area contributed by atoms with E-state index in [1.165, 1.54) is 30.2 Å². The molecule has 24 heavy (non-hydrogen) atoms. The fraction of sp³-hybridized carbons (Fsp3) is 0.188. The molecule has 2 amide bonds. The molecule has 0 saturated heterocycles. The highest BCUT2D eigenvalue weighted by atomic mass is 32.2. The highest BCUT2D eigenvalue weighted by molar-refractivity contribution is 7.98. The van der Waals surface area contributed by atoms with Crippen molar-refractivity contribution in [1.82, 2.24) is 5.32 Å². The predicted molar refractivity (Wildman–Crippen MR) is 91.8 cm³/mol. The number of nitrogens with one attached hydrogen (secondary N) is 1. The second-order valence-corrected chi connectivity index (χ2v) is 6.32. The van der Waals surface area contributed by atoms with Crippen LogP contribution in [0.25, 0.3) is 0 Å². The number of thioether (sulfide) groups is 1. The summed E-state index contributed by atoms with van der Waals surface area (Å²) in [5, 5.41) is 3.88. The maximum Gasteiger partial charge on any atom is 0.342 e. The normalized spacial score (nSPS) is 10.1. The van der Waals surface area contributed by atoms with Gasteiger partial charge in [0.2, 0.25) is 0 Å². The number of esters is 1. The number of rotatable bonds is 6. The maximum absolute atomic E-state index is 12.1. The van der Waals surface area contributed by atoms with Crippen LogP contribution in [0.15, 0.2) is 40.6 Å². The quantitative estimate of drug-likeness (QED) is 0.626. The molecule has 0 spiro atoms. The molecule has 0 atom stereocenters. The molecule has 0 aliphatic rings. The minimum Gasteiger partial charge on any atom is -0.496 e. The van der Waals surface area contributed by atoms with Crippen molar-refractivity contribution >= 4 is 40.9 Å². The minimum atomic E-state index is -0.696. The van der Waals surface area contributed by atoms with Crippen LogP contribution in [-0.2, 0) is 9.53 Å². The molecule has 0 saturated carbocycles. The number of amides is 2. The number of carbonyl (C=O) groups excluding carboxylic acids is 3. The van der Waals surface area contributed by atoms with Gasteiger partial charge in [-0.05, 0) is 35.9 Å². The smallest absolute Gasteiger partial charge is 0.342 e. The van der Waals surface area contributed by atoms with Crippen molar-refractivity contribution in [2.75, 3.05) is 20.0 Å². The largest absolute Gasteiger partial charge is 0.496 e. The Morgan fingerprint density at radius 3 is 2.67 bits per heavy atom. The highest BCUT2D eigenvalue weighted by Crippen LogP contribution is 2.25. The van der Waals surface area contributed by atoms with E-state index in [1.807, 2.05) is 6.26 Å². The molecule has 0 unspecified atom stereocenters. The summed E-state index contributed by atoms with van der Waals surface area (Å²) in [5.74, 6) is -1.55. The Balaban J connectivity index is 1.93. The van der Waals surface area contributed by atoms with Gasteiger partial charge in [0.25, 0.3) is 11.8 Å². The SMILES string of the molecule is COc1cc(SC)ccc1C(=O)OCC(=O)NC(=O)c1cccs1. The van der Waals surface area contributed by atoms with Gasteiger partial charge in [-0.3, -0.25) is 14.9 Å². The third-order valence-electron chi connectivity index (χ3n) is 2.96. The number of imide groups is 1. The van der Waals surface area contributed by atoms with E-state index in [9.17, 15) is 14.4 Å². The molecule has 1 N–H and O–H groups in total. The number of benzene rings is 1. The molecule has 1 heterocycles. The molecule has 126 valence electrons.